The van der Waals surface area contributed by atoms with E-state index in [1.807, 2.05) is 41.7 Å². The zero-order valence-corrected chi connectivity index (χ0v) is 11.6. The number of halogens is 1. The topological polar surface area (TPSA) is 12.4 Å². The lowest BCUT2D eigenvalue weighted by Gasteiger charge is -2.05. The Morgan fingerprint density at radius 2 is 2.06 bits per heavy atom. The van der Waals surface area contributed by atoms with Crippen molar-refractivity contribution < 1.29 is 0 Å². The van der Waals surface area contributed by atoms with Crippen molar-refractivity contribution in [2.24, 2.45) is 4.99 Å². The van der Waals surface area contributed by atoms with Crippen LogP contribution in [0.4, 0.5) is 5.69 Å². The van der Waals surface area contributed by atoms with Gasteiger partial charge in [-0.15, -0.1) is 0 Å². The fourth-order valence-corrected chi connectivity index (χ4v) is 3.96. The van der Waals surface area contributed by atoms with E-state index in [4.69, 9.17) is 16.6 Å². The van der Waals surface area contributed by atoms with Gasteiger partial charge in [-0.3, -0.25) is 0 Å². The normalized spacial score (nSPS) is 15.5. The molecule has 0 saturated carbocycles. The first kappa shape index (κ1) is 12.3. The van der Waals surface area contributed by atoms with Crippen molar-refractivity contribution in [1.29, 1.82) is 0 Å². The first-order chi connectivity index (χ1) is 7.79. The molecule has 1 aliphatic rings. The summed E-state index contributed by atoms with van der Waals surface area (Å²) in [6.45, 7) is 2.18. The summed E-state index contributed by atoms with van der Waals surface area (Å²) < 4.78 is 1.19. The summed E-state index contributed by atoms with van der Waals surface area (Å²) in [5.41, 5.74) is 2.35. The highest BCUT2D eigenvalue weighted by Gasteiger charge is 2.11. The maximum absolute atomic E-state index is 6.01. The van der Waals surface area contributed by atoms with Crippen molar-refractivity contribution in [3.63, 3.8) is 0 Å². The Labute approximate surface area is 110 Å². The third kappa shape index (κ3) is 3.19. The molecule has 0 bridgehead atoms. The Balaban J connectivity index is 2.27. The molecular formula is C12H14ClNS2. The summed E-state index contributed by atoms with van der Waals surface area (Å²) in [5.74, 6) is 2.36. The molecule has 1 aliphatic heterocycles. The van der Waals surface area contributed by atoms with Crippen LogP contribution in [0.15, 0.2) is 23.2 Å². The molecule has 0 aliphatic carbocycles. The minimum Gasteiger partial charge on any atom is -0.235 e. The number of aliphatic imine (C=N–C) groups is 1. The van der Waals surface area contributed by atoms with Crippen molar-refractivity contribution in [3.8, 4) is 0 Å². The van der Waals surface area contributed by atoms with E-state index in [1.54, 1.807) is 0 Å². The Morgan fingerprint density at radius 3 is 2.75 bits per heavy atom. The fourth-order valence-electron chi connectivity index (χ4n) is 1.60. The predicted octanol–water partition coefficient (Wildman–Crippen LogP) is 4.76. The molecule has 0 N–H and O–H groups in total. The van der Waals surface area contributed by atoms with Gasteiger partial charge in [0.05, 0.1) is 5.69 Å². The molecule has 4 heteroatoms. The lowest BCUT2D eigenvalue weighted by atomic mass is 10.1. The van der Waals surface area contributed by atoms with E-state index < -0.39 is 0 Å². The SMILES string of the molecule is CCCc1cc(Cl)ccc1N=C1SCCS1. The summed E-state index contributed by atoms with van der Waals surface area (Å²) >= 11 is 9.71. The number of aryl methyl sites for hydroxylation is 1. The van der Waals surface area contributed by atoms with Gasteiger partial charge in [0.2, 0.25) is 0 Å². The zero-order valence-electron chi connectivity index (χ0n) is 9.20. The number of thioether (sulfide) groups is 2. The molecule has 1 saturated heterocycles. The molecule has 1 aromatic carbocycles. The van der Waals surface area contributed by atoms with E-state index in [0.29, 0.717) is 0 Å². The van der Waals surface area contributed by atoms with E-state index in [9.17, 15) is 0 Å². The molecule has 0 amide bonds. The van der Waals surface area contributed by atoms with Crippen molar-refractivity contribution in [2.45, 2.75) is 19.8 Å². The molecule has 16 heavy (non-hydrogen) atoms. The minimum absolute atomic E-state index is 0.805. The molecule has 86 valence electrons. The van der Waals surface area contributed by atoms with Crippen LogP contribution < -0.4 is 0 Å². The van der Waals surface area contributed by atoms with Crippen LogP contribution in [-0.2, 0) is 6.42 Å². The highest BCUT2D eigenvalue weighted by molar-refractivity contribution is 8.41. The monoisotopic (exact) mass is 271 g/mol. The number of hydrogen-bond acceptors (Lipinski definition) is 3. The molecule has 1 fully saturated rings. The van der Waals surface area contributed by atoms with Crippen LogP contribution in [0, 0.1) is 0 Å². The van der Waals surface area contributed by atoms with Crippen molar-refractivity contribution >= 4 is 45.2 Å². The molecule has 0 unspecified atom stereocenters. The summed E-state index contributed by atoms with van der Waals surface area (Å²) in [6, 6.07) is 5.99. The van der Waals surface area contributed by atoms with Crippen LogP contribution in [-0.4, -0.2) is 15.9 Å². The first-order valence-electron chi connectivity index (χ1n) is 5.42. The molecule has 1 nitrogen and oxygen atoms in total. The molecule has 0 radical (unpaired) electrons. The Kier molecular flexibility index (Phi) is 4.62. The number of rotatable bonds is 3. The summed E-state index contributed by atoms with van der Waals surface area (Å²) in [5, 5.41) is 0.805. The van der Waals surface area contributed by atoms with Crippen LogP contribution in [0.2, 0.25) is 5.02 Å². The lowest BCUT2D eigenvalue weighted by molar-refractivity contribution is 0.922. The van der Waals surface area contributed by atoms with Gasteiger partial charge in [0.1, 0.15) is 4.38 Å². The second-order valence-electron chi connectivity index (χ2n) is 3.60. The van der Waals surface area contributed by atoms with Crippen LogP contribution in [0.5, 0.6) is 0 Å². The van der Waals surface area contributed by atoms with Crippen LogP contribution in [0.25, 0.3) is 0 Å². The summed E-state index contributed by atoms with van der Waals surface area (Å²) in [6.07, 6.45) is 2.17. The van der Waals surface area contributed by atoms with E-state index in [-0.39, 0.29) is 0 Å². The second kappa shape index (κ2) is 5.99. The first-order valence-corrected chi connectivity index (χ1v) is 7.77. The van der Waals surface area contributed by atoms with Crippen LogP contribution >= 0.6 is 35.1 Å². The molecule has 0 aromatic heterocycles. The lowest BCUT2D eigenvalue weighted by Crippen LogP contribution is -1.86. The minimum atomic E-state index is 0.805. The van der Waals surface area contributed by atoms with E-state index in [2.05, 4.69) is 6.92 Å². The summed E-state index contributed by atoms with van der Waals surface area (Å²) in [4.78, 5) is 4.70. The van der Waals surface area contributed by atoms with Gasteiger partial charge in [-0.25, -0.2) is 4.99 Å². The zero-order chi connectivity index (χ0) is 11.4. The highest BCUT2D eigenvalue weighted by atomic mass is 35.5. The van der Waals surface area contributed by atoms with Crippen LogP contribution in [0.3, 0.4) is 0 Å². The number of nitrogens with zero attached hydrogens (tertiary/aromatic N) is 1. The van der Waals surface area contributed by atoms with Crippen molar-refractivity contribution in [1.82, 2.24) is 0 Å². The molecule has 2 rings (SSSR count). The number of benzene rings is 1. The van der Waals surface area contributed by atoms with Gasteiger partial charge in [-0.05, 0) is 30.2 Å². The predicted molar refractivity (Wildman–Crippen MR) is 77.5 cm³/mol. The Bertz CT molecular complexity index is 396. The van der Waals surface area contributed by atoms with Gasteiger partial charge in [0.25, 0.3) is 0 Å². The fraction of sp³-hybridized carbons (Fsp3) is 0.417. The van der Waals surface area contributed by atoms with Gasteiger partial charge < -0.3 is 0 Å². The highest BCUT2D eigenvalue weighted by Crippen LogP contribution is 2.32. The van der Waals surface area contributed by atoms with Crippen LogP contribution in [0.1, 0.15) is 18.9 Å². The molecular weight excluding hydrogens is 258 g/mol. The third-order valence-corrected chi connectivity index (χ3v) is 5.00. The average molecular weight is 272 g/mol. The maximum Gasteiger partial charge on any atom is 0.130 e. The van der Waals surface area contributed by atoms with E-state index >= 15 is 0 Å². The summed E-state index contributed by atoms with van der Waals surface area (Å²) in [7, 11) is 0. The molecule has 1 aromatic rings. The van der Waals surface area contributed by atoms with Gasteiger partial charge in [0, 0.05) is 16.5 Å². The number of hydrogen-bond donors (Lipinski definition) is 0. The smallest absolute Gasteiger partial charge is 0.130 e. The van der Waals surface area contributed by atoms with Crippen molar-refractivity contribution in [3.05, 3.63) is 28.8 Å². The second-order valence-corrected chi connectivity index (χ2v) is 6.46. The Morgan fingerprint density at radius 1 is 1.31 bits per heavy atom. The quantitative estimate of drug-likeness (QED) is 0.786. The largest absolute Gasteiger partial charge is 0.235 e. The third-order valence-electron chi connectivity index (χ3n) is 2.31. The maximum atomic E-state index is 6.01. The standard InChI is InChI=1S/C12H14ClNS2/c1-2-3-9-8-10(13)4-5-11(9)14-12-15-6-7-16-12/h4-5,8H,2-3,6-7H2,1H3. The van der Waals surface area contributed by atoms with E-state index in [1.165, 1.54) is 21.4 Å². The van der Waals surface area contributed by atoms with Gasteiger partial charge in [0.15, 0.2) is 0 Å². The van der Waals surface area contributed by atoms with Gasteiger partial charge >= 0.3 is 0 Å². The molecule has 0 atom stereocenters. The van der Waals surface area contributed by atoms with Crippen molar-refractivity contribution in [2.75, 3.05) is 11.5 Å². The Hall–Kier alpha value is -0.120. The van der Waals surface area contributed by atoms with Gasteiger partial charge in [-0.1, -0.05) is 48.5 Å². The molecule has 1 heterocycles. The van der Waals surface area contributed by atoms with Gasteiger partial charge in [-0.2, -0.15) is 0 Å². The molecule has 0 spiro atoms. The average Bonchev–Trinajstić information content (AvgIpc) is 2.75. The van der Waals surface area contributed by atoms with E-state index in [0.717, 1.165) is 23.6 Å².